The molecule has 2 aliphatic carbocycles. The minimum atomic E-state index is -1.08. The highest BCUT2D eigenvalue weighted by Gasteiger charge is 2.59. The van der Waals surface area contributed by atoms with Crippen molar-refractivity contribution in [3.63, 3.8) is 0 Å². The highest BCUT2D eigenvalue weighted by atomic mass is 16.3. The predicted molar refractivity (Wildman–Crippen MR) is 109 cm³/mol. The van der Waals surface area contributed by atoms with Gasteiger partial charge in [0, 0.05) is 30.8 Å². The molecule has 172 valence electrons. The number of piperidine rings is 1. The second-order valence-electron chi connectivity index (χ2n) is 8.95. The predicted octanol–water partition coefficient (Wildman–Crippen LogP) is -1.77. The maximum atomic E-state index is 13.1. The number of Topliss-reactive ketones (excluding diaryl/α,β-unsaturated/α-hetero) is 1. The first-order chi connectivity index (χ1) is 15.7. The molecule has 1 aromatic carbocycles. The maximum absolute atomic E-state index is 13.1. The van der Waals surface area contributed by atoms with E-state index in [0.29, 0.717) is 5.56 Å². The molecule has 4 aliphatic rings. The Morgan fingerprint density at radius 3 is 2.61 bits per heavy atom. The standard InChI is InChI=1S/C22H22N4O7/c23-16-15-10(6-11(17(15)28)18(16)29)19(30)24-7-8-2-1-3-9-14(8)22(33)26(21(9)32)12-4-5-13(27)25-20(12)31/h1-3,10-12,15-16,18,29H,4-7,23H2,(H,24,30)(H,25,27,31)/t10-,11+,12?,15?,16?,18?/m0/s1. The first-order valence-corrected chi connectivity index (χ1v) is 10.8. The van der Waals surface area contributed by atoms with Gasteiger partial charge in [0.25, 0.3) is 11.8 Å². The Bertz CT molecular complexity index is 1130. The number of carbonyl (C=O) groups is 6. The van der Waals surface area contributed by atoms with E-state index < -0.39 is 65.5 Å². The Kier molecular flexibility index (Phi) is 4.91. The number of imide groups is 2. The Balaban J connectivity index is 1.33. The zero-order chi connectivity index (χ0) is 23.6. The molecule has 11 heteroatoms. The van der Waals surface area contributed by atoms with E-state index >= 15 is 0 Å². The molecule has 3 fully saturated rings. The molecule has 5 amide bonds. The van der Waals surface area contributed by atoms with Crippen LogP contribution in [-0.2, 0) is 25.7 Å². The van der Waals surface area contributed by atoms with Gasteiger partial charge in [0.1, 0.15) is 11.8 Å². The van der Waals surface area contributed by atoms with Crippen molar-refractivity contribution in [1.29, 1.82) is 0 Å². The third kappa shape index (κ3) is 3.10. The summed E-state index contributed by atoms with van der Waals surface area (Å²) in [4.78, 5) is 75.6. The molecule has 2 saturated carbocycles. The fraction of sp³-hybridized carbons (Fsp3) is 0.455. The maximum Gasteiger partial charge on any atom is 0.262 e. The fourth-order valence-corrected chi connectivity index (χ4v) is 5.54. The average Bonchev–Trinajstić information content (AvgIpc) is 3.32. The van der Waals surface area contributed by atoms with Crippen LogP contribution in [0.2, 0.25) is 0 Å². The lowest BCUT2D eigenvalue weighted by Gasteiger charge is -2.28. The quantitative estimate of drug-likeness (QED) is 0.386. The Labute approximate surface area is 187 Å². The summed E-state index contributed by atoms with van der Waals surface area (Å²) in [7, 11) is 0. The number of nitrogens with zero attached hydrogens (tertiary/aromatic N) is 1. The van der Waals surface area contributed by atoms with Gasteiger partial charge in [-0.1, -0.05) is 12.1 Å². The van der Waals surface area contributed by atoms with Gasteiger partial charge in [0.2, 0.25) is 17.7 Å². The number of aliphatic hydroxyl groups excluding tert-OH is 1. The summed E-state index contributed by atoms with van der Waals surface area (Å²) in [6.45, 7) is -0.0654. The van der Waals surface area contributed by atoms with Gasteiger partial charge in [0.05, 0.1) is 23.1 Å². The van der Waals surface area contributed by atoms with Gasteiger partial charge in [0.15, 0.2) is 0 Å². The molecule has 0 radical (unpaired) electrons. The van der Waals surface area contributed by atoms with E-state index in [9.17, 15) is 33.9 Å². The largest absolute Gasteiger partial charge is 0.391 e. The van der Waals surface area contributed by atoms with E-state index in [1.807, 2.05) is 0 Å². The lowest BCUT2D eigenvalue weighted by atomic mass is 9.83. The van der Waals surface area contributed by atoms with Crippen LogP contribution in [0.4, 0.5) is 0 Å². The molecule has 4 unspecified atom stereocenters. The number of hydrogen-bond donors (Lipinski definition) is 4. The molecule has 2 aliphatic heterocycles. The molecule has 2 bridgehead atoms. The normalized spacial score (nSPS) is 32.9. The number of amides is 5. The summed E-state index contributed by atoms with van der Waals surface area (Å²) in [6.07, 6.45) is -0.651. The Morgan fingerprint density at radius 1 is 1.18 bits per heavy atom. The van der Waals surface area contributed by atoms with Crippen LogP contribution >= 0.6 is 0 Å². The molecule has 5 N–H and O–H groups in total. The number of hydrogen-bond acceptors (Lipinski definition) is 8. The van der Waals surface area contributed by atoms with Gasteiger partial charge in [-0.3, -0.25) is 39.0 Å². The molecule has 11 nitrogen and oxygen atoms in total. The van der Waals surface area contributed by atoms with Gasteiger partial charge in [-0.25, -0.2) is 0 Å². The Morgan fingerprint density at radius 2 is 1.94 bits per heavy atom. The average molecular weight is 454 g/mol. The minimum absolute atomic E-state index is 0.0197. The number of benzene rings is 1. The molecule has 1 aromatic rings. The second kappa shape index (κ2) is 7.56. The van der Waals surface area contributed by atoms with E-state index in [1.165, 1.54) is 6.07 Å². The highest BCUT2D eigenvalue weighted by molar-refractivity contribution is 6.24. The molecule has 0 spiro atoms. The summed E-state index contributed by atoms with van der Waals surface area (Å²) in [5, 5.41) is 14.9. The van der Waals surface area contributed by atoms with E-state index in [4.69, 9.17) is 5.73 Å². The molecular weight excluding hydrogens is 432 g/mol. The van der Waals surface area contributed by atoms with Crippen LogP contribution in [0.5, 0.6) is 0 Å². The van der Waals surface area contributed by atoms with Crippen LogP contribution in [0, 0.1) is 17.8 Å². The summed E-state index contributed by atoms with van der Waals surface area (Å²) in [5.41, 5.74) is 6.53. The van der Waals surface area contributed by atoms with Gasteiger partial charge >= 0.3 is 0 Å². The van der Waals surface area contributed by atoms with Gasteiger partial charge in [-0.05, 0) is 24.5 Å². The van der Waals surface area contributed by atoms with Crippen molar-refractivity contribution in [2.75, 3.05) is 0 Å². The zero-order valence-electron chi connectivity index (χ0n) is 17.4. The molecular formula is C22H22N4O7. The molecule has 0 aromatic heterocycles. The van der Waals surface area contributed by atoms with Gasteiger partial charge in [-0.2, -0.15) is 0 Å². The summed E-state index contributed by atoms with van der Waals surface area (Å²) in [6, 6.07) is 2.79. The van der Waals surface area contributed by atoms with Crippen LogP contribution in [0.1, 0.15) is 45.5 Å². The number of nitrogens with two attached hydrogens (primary N) is 1. The number of fused-ring (bicyclic) bond motifs is 3. The first kappa shape index (κ1) is 21.4. The fourth-order valence-electron chi connectivity index (χ4n) is 5.54. The number of ketones is 1. The van der Waals surface area contributed by atoms with Crippen LogP contribution in [0.3, 0.4) is 0 Å². The minimum Gasteiger partial charge on any atom is -0.391 e. The van der Waals surface area contributed by atoms with E-state index in [1.54, 1.807) is 12.1 Å². The lowest BCUT2D eigenvalue weighted by Crippen LogP contribution is -2.54. The number of carbonyl (C=O) groups excluding carboxylic acids is 6. The van der Waals surface area contributed by atoms with Crippen molar-refractivity contribution < 1.29 is 33.9 Å². The Hall–Kier alpha value is -3.44. The van der Waals surface area contributed by atoms with Crippen molar-refractivity contribution in [2.24, 2.45) is 23.5 Å². The zero-order valence-corrected chi connectivity index (χ0v) is 17.4. The van der Waals surface area contributed by atoms with Gasteiger partial charge in [-0.15, -0.1) is 0 Å². The van der Waals surface area contributed by atoms with Crippen molar-refractivity contribution >= 4 is 35.3 Å². The van der Waals surface area contributed by atoms with Crippen molar-refractivity contribution in [3.8, 4) is 0 Å². The molecule has 5 rings (SSSR count). The van der Waals surface area contributed by atoms with Crippen molar-refractivity contribution in [1.82, 2.24) is 15.5 Å². The third-order valence-corrected chi connectivity index (χ3v) is 7.20. The summed E-state index contributed by atoms with van der Waals surface area (Å²) >= 11 is 0. The molecule has 6 atom stereocenters. The first-order valence-electron chi connectivity index (χ1n) is 10.8. The molecule has 33 heavy (non-hydrogen) atoms. The molecule has 1 saturated heterocycles. The molecule has 2 heterocycles. The van der Waals surface area contributed by atoms with Crippen LogP contribution in [-0.4, -0.2) is 63.5 Å². The van der Waals surface area contributed by atoms with E-state index in [0.717, 1.165) is 4.90 Å². The summed E-state index contributed by atoms with van der Waals surface area (Å²) < 4.78 is 0. The van der Waals surface area contributed by atoms with Crippen molar-refractivity contribution in [3.05, 3.63) is 34.9 Å². The van der Waals surface area contributed by atoms with Crippen molar-refractivity contribution in [2.45, 2.75) is 44.0 Å². The smallest absolute Gasteiger partial charge is 0.262 e. The number of aliphatic hydroxyl groups is 1. The van der Waals surface area contributed by atoms with Gasteiger partial charge < -0.3 is 16.2 Å². The topological polar surface area (TPSA) is 176 Å². The monoisotopic (exact) mass is 454 g/mol. The van der Waals surface area contributed by atoms with Crippen LogP contribution in [0.15, 0.2) is 18.2 Å². The lowest BCUT2D eigenvalue weighted by molar-refractivity contribution is -0.136. The van der Waals surface area contributed by atoms with E-state index in [2.05, 4.69) is 10.6 Å². The summed E-state index contributed by atoms with van der Waals surface area (Å²) in [5.74, 6) is -5.08. The van der Waals surface area contributed by atoms with Crippen LogP contribution < -0.4 is 16.4 Å². The SMILES string of the molecule is NC1C(O)[C@@H]2C[C@H](C(=O)NCc3cccc4c3C(=O)N(C3CCC(=O)NC3=O)C4=O)C1C2=O. The third-order valence-electron chi connectivity index (χ3n) is 7.20. The van der Waals surface area contributed by atoms with Crippen LogP contribution in [0.25, 0.3) is 0 Å². The highest BCUT2D eigenvalue weighted by Crippen LogP contribution is 2.45. The second-order valence-corrected chi connectivity index (χ2v) is 8.95. The number of rotatable bonds is 4. The van der Waals surface area contributed by atoms with E-state index in [-0.39, 0.29) is 42.7 Å². The number of nitrogens with one attached hydrogen (secondary N) is 2.